The first kappa shape index (κ1) is 21.9. The number of hydrogen-bond donors (Lipinski definition) is 0. The lowest BCUT2D eigenvalue weighted by atomic mass is 10.00. The SMILES string of the molecule is C=C/C=C(\C=C(/C)c1c(-c2ccccn2)nn2c1CCC2)N=C(C)SC.CC. The highest BCUT2D eigenvalue weighted by Gasteiger charge is 2.24. The van der Waals surface area contributed by atoms with E-state index in [2.05, 4.69) is 34.2 Å². The van der Waals surface area contributed by atoms with E-state index >= 15 is 0 Å². The van der Waals surface area contributed by atoms with Crippen LogP contribution in [0.1, 0.15) is 45.4 Å². The average Bonchev–Trinajstić information content (AvgIpc) is 3.31. The molecular formula is C23H30N4S. The zero-order valence-electron chi connectivity index (χ0n) is 17.6. The standard InChI is InChI=1S/C21H24N4S.C2H6/c1-5-9-17(23-16(3)26-4)14-15(2)20-19-11-8-13-25(19)24-21(20)18-10-6-7-12-22-18;1-2/h5-7,9-10,12,14H,1,8,11,13H2,2-4H3;1-2H3/b15-14+,17-9+,23-16?;. The highest BCUT2D eigenvalue weighted by Crippen LogP contribution is 2.34. The first-order valence-corrected chi connectivity index (χ1v) is 11.0. The summed E-state index contributed by atoms with van der Waals surface area (Å²) in [6.07, 6.45) is 11.9. The largest absolute Gasteiger partial charge is 0.268 e. The molecule has 0 N–H and O–H groups in total. The van der Waals surface area contributed by atoms with Crippen LogP contribution in [-0.2, 0) is 13.0 Å². The second kappa shape index (κ2) is 10.8. The number of aryl methyl sites for hydroxylation is 1. The van der Waals surface area contributed by atoms with Gasteiger partial charge in [0.25, 0.3) is 0 Å². The van der Waals surface area contributed by atoms with Crippen molar-refractivity contribution in [3.8, 4) is 11.4 Å². The smallest absolute Gasteiger partial charge is 0.118 e. The predicted molar refractivity (Wildman–Crippen MR) is 124 cm³/mol. The Kier molecular flexibility index (Phi) is 8.45. The van der Waals surface area contributed by atoms with Gasteiger partial charge in [-0.2, -0.15) is 5.10 Å². The molecule has 0 spiro atoms. The minimum absolute atomic E-state index is 0.897. The Morgan fingerprint density at radius 1 is 1.29 bits per heavy atom. The molecule has 0 saturated carbocycles. The minimum atomic E-state index is 0.897. The molecule has 3 heterocycles. The van der Waals surface area contributed by atoms with Gasteiger partial charge in [-0.3, -0.25) is 9.67 Å². The Morgan fingerprint density at radius 3 is 2.71 bits per heavy atom. The Labute approximate surface area is 173 Å². The molecule has 5 heteroatoms. The number of aliphatic imine (C=N–C) groups is 1. The van der Waals surface area contributed by atoms with Gasteiger partial charge >= 0.3 is 0 Å². The average molecular weight is 395 g/mol. The van der Waals surface area contributed by atoms with Crippen LogP contribution in [0.3, 0.4) is 0 Å². The topological polar surface area (TPSA) is 43.1 Å². The molecule has 2 aromatic rings. The Morgan fingerprint density at radius 2 is 2.07 bits per heavy atom. The molecule has 0 atom stereocenters. The lowest BCUT2D eigenvalue weighted by Crippen LogP contribution is -1.94. The van der Waals surface area contributed by atoms with Gasteiger partial charge in [0.15, 0.2) is 0 Å². The maximum Gasteiger partial charge on any atom is 0.118 e. The number of pyridine rings is 1. The van der Waals surface area contributed by atoms with Gasteiger partial charge in [0.2, 0.25) is 0 Å². The third-order valence-electron chi connectivity index (χ3n) is 4.38. The van der Waals surface area contributed by atoms with Crippen LogP contribution in [0.2, 0.25) is 0 Å². The van der Waals surface area contributed by atoms with Crippen molar-refractivity contribution in [3.63, 3.8) is 0 Å². The van der Waals surface area contributed by atoms with E-state index in [4.69, 9.17) is 5.10 Å². The van der Waals surface area contributed by atoms with Gasteiger partial charge < -0.3 is 0 Å². The number of rotatable bonds is 5. The zero-order valence-corrected chi connectivity index (χ0v) is 18.4. The normalized spacial score (nSPS) is 14.4. The number of aromatic nitrogens is 3. The molecule has 0 bridgehead atoms. The third kappa shape index (κ3) is 5.10. The number of thioether (sulfide) groups is 1. The number of allylic oxidation sites excluding steroid dienone is 4. The van der Waals surface area contributed by atoms with Crippen molar-refractivity contribution in [2.24, 2.45) is 4.99 Å². The summed E-state index contributed by atoms with van der Waals surface area (Å²) >= 11 is 1.64. The molecule has 0 fully saturated rings. The van der Waals surface area contributed by atoms with Gasteiger partial charge in [0.05, 0.1) is 16.4 Å². The van der Waals surface area contributed by atoms with Gasteiger partial charge in [-0.15, -0.1) is 11.8 Å². The van der Waals surface area contributed by atoms with Crippen LogP contribution in [-0.4, -0.2) is 26.1 Å². The second-order valence-corrected chi connectivity index (χ2v) is 7.20. The molecule has 3 rings (SSSR count). The summed E-state index contributed by atoms with van der Waals surface area (Å²) in [5.74, 6) is 0. The van der Waals surface area contributed by atoms with Crippen LogP contribution in [0.15, 0.2) is 59.9 Å². The number of fused-ring (bicyclic) bond motifs is 1. The summed E-state index contributed by atoms with van der Waals surface area (Å²) < 4.78 is 2.13. The molecule has 0 unspecified atom stereocenters. The summed E-state index contributed by atoms with van der Waals surface area (Å²) in [6, 6.07) is 5.95. The Hall–Kier alpha value is -2.40. The van der Waals surface area contributed by atoms with Crippen molar-refractivity contribution >= 4 is 22.4 Å². The number of hydrogen-bond acceptors (Lipinski definition) is 4. The van der Waals surface area contributed by atoms with Gasteiger partial charge in [0.1, 0.15) is 5.69 Å². The molecule has 148 valence electrons. The van der Waals surface area contributed by atoms with E-state index in [1.54, 1.807) is 17.8 Å². The van der Waals surface area contributed by atoms with E-state index < -0.39 is 0 Å². The van der Waals surface area contributed by atoms with E-state index in [0.717, 1.165) is 47.1 Å². The summed E-state index contributed by atoms with van der Waals surface area (Å²) in [7, 11) is 0. The van der Waals surface area contributed by atoms with Crippen LogP contribution in [0.4, 0.5) is 0 Å². The van der Waals surface area contributed by atoms with Gasteiger partial charge in [-0.05, 0) is 62.8 Å². The van der Waals surface area contributed by atoms with Crippen LogP contribution >= 0.6 is 11.8 Å². The maximum absolute atomic E-state index is 4.85. The van der Waals surface area contributed by atoms with Crippen LogP contribution < -0.4 is 0 Å². The molecular weight excluding hydrogens is 364 g/mol. The molecule has 0 amide bonds. The summed E-state index contributed by atoms with van der Waals surface area (Å²) in [4.78, 5) is 9.20. The molecule has 0 saturated heterocycles. The molecule has 1 aliphatic heterocycles. The lowest BCUT2D eigenvalue weighted by molar-refractivity contribution is 0.658. The number of nitrogens with zero attached hydrogens (tertiary/aromatic N) is 4. The van der Waals surface area contributed by atoms with Crippen molar-refractivity contribution in [3.05, 3.63) is 66.2 Å². The van der Waals surface area contributed by atoms with Gasteiger partial charge in [-0.1, -0.05) is 32.6 Å². The minimum Gasteiger partial charge on any atom is -0.268 e. The van der Waals surface area contributed by atoms with Crippen molar-refractivity contribution in [1.82, 2.24) is 14.8 Å². The fourth-order valence-electron chi connectivity index (χ4n) is 3.19. The van der Waals surface area contributed by atoms with E-state index in [9.17, 15) is 0 Å². The highest BCUT2D eigenvalue weighted by atomic mass is 32.2. The second-order valence-electron chi connectivity index (χ2n) is 6.20. The molecule has 1 aliphatic rings. The zero-order chi connectivity index (χ0) is 20.5. The van der Waals surface area contributed by atoms with Crippen molar-refractivity contribution < 1.29 is 0 Å². The molecule has 4 nitrogen and oxygen atoms in total. The van der Waals surface area contributed by atoms with Crippen molar-refractivity contribution in [1.29, 1.82) is 0 Å². The van der Waals surface area contributed by atoms with Crippen molar-refractivity contribution in [2.75, 3.05) is 6.26 Å². The summed E-state index contributed by atoms with van der Waals surface area (Å²) in [6.45, 7) is 12.9. The molecule has 2 aromatic heterocycles. The van der Waals surface area contributed by atoms with E-state index in [1.165, 1.54) is 11.3 Å². The van der Waals surface area contributed by atoms with E-state index in [0.29, 0.717) is 0 Å². The van der Waals surface area contributed by atoms with Crippen LogP contribution in [0, 0.1) is 0 Å². The first-order valence-electron chi connectivity index (χ1n) is 9.75. The predicted octanol–water partition coefficient (Wildman–Crippen LogP) is 6.17. The third-order valence-corrected chi connectivity index (χ3v) is 5.06. The van der Waals surface area contributed by atoms with Gasteiger partial charge in [0, 0.05) is 24.0 Å². The highest BCUT2D eigenvalue weighted by molar-refractivity contribution is 8.13. The van der Waals surface area contributed by atoms with Crippen LogP contribution in [0.25, 0.3) is 17.0 Å². The summed E-state index contributed by atoms with van der Waals surface area (Å²) in [5.41, 5.74) is 6.40. The first-order chi connectivity index (χ1) is 13.6. The van der Waals surface area contributed by atoms with Gasteiger partial charge in [-0.25, -0.2) is 4.99 Å². The summed E-state index contributed by atoms with van der Waals surface area (Å²) in [5, 5.41) is 5.87. The molecule has 0 radical (unpaired) electrons. The van der Waals surface area contributed by atoms with E-state index in [-0.39, 0.29) is 0 Å². The molecule has 28 heavy (non-hydrogen) atoms. The quantitative estimate of drug-likeness (QED) is 0.346. The van der Waals surface area contributed by atoms with Crippen molar-refractivity contribution in [2.45, 2.75) is 47.1 Å². The molecule has 0 aliphatic carbocycles. The van der Waals surface area contributed by atoms with E-state index in [1.807, 2.05) is 57.5 Å². The fourth-order valence-corrected chi connectivity index (χ4v) is 3.39. The fraction of sp³-hybridized carbons (Fsp3) is 0.348. The maximum atomic E-state index is 4.85. The monoisotopic (exact) mass is 394 g/mol. The van der Waals surface area contributed by atoms with Crippen LogP contribution in [0.5, 0.6) is 0 Å². The Balaban J connectivity index is 0.00000136. The lowest BCUT2D eigenvalue weighted by Gasteiger charge is -2.06. The molecule has 0 aromatic carbocycles. The Bertz CT molecular complexity index is 889.